The van der Waals surface area contributed by atoms with Gasteiger partial charge in [-0.25, -0.2) is 4.79 Å². The number of ether oxygens (including phenoxy) is 2. The average molecular weight is 372 g/mol. The lowest BCUT2D eigenvalue weighted by Gasteiger charge is -2.21. The average Bonchev–Trinajstić information content (AvgIpc) is 2.97. The van der Waals surface area contributed by atoms with Crippen LogP contribution >= 0.6 is 0 Å². The van der Waals surface area contributed by atoms with Crippen LogP contribution in [-0.2, 0) is 31.3 Å². The molecule has 140 valence electrons. The minimum Gasteiger partial charge on any atom is -0.444 e. The van der Waals surface area contributed by atoms with Crippen LogP contribution in [0.15, 0.2) is 84.9 Å². The smallest absolute Gasteiger partial charge is 0.344 e. The van der Waals surface area contributed by atoms with Gasteiger partial charge in [0.05, 0.1) is 6.61 Å². The van der Waals surface area contributed by atoms with Gasteiger partial charge in [0, 0.05) is 5.56 Å². The Balaban J connectivity index is 1.52. The summed E-state index contributed by atoms with van der Waals surface area (Å²) in [5.41, 5.74) is 2.30. The molecule has 0 bridgehead atoms. The summed E-state index contributed by atoms with van der Waals surface area (Å²) < 4.78 is 11.1. The van der Waals surface area contributed by atoms with Crippen LogP contribution in [0.4, 0.5) is 0 Å². The van der Waals surface area contributed by atoms with Crippen LogP contribution in [0.2, 0.25) is 0 Å². The number of hydrogen-bond donors (Lipinski definition) is 0. The molecule has 3 aromatic rings. The Hall–Kier alpha value is -3.24. The molecule has 0 radical (unpaired) electrons. The van der Waals surface area contributed by atoms with Crippen molar-refractivity contribution in [3.05, 3.63) is 96.1 Å². The van der Waals surface area contributed by atoms with Crippen LogP contribution < -0.4 is 0 Å². The molecule has 4 nitrogen and oxygen atoms in total. The van der Waals surface area contributed by atoms with Crippen molar-refractivity contribution in [2.45, 2.75) is 25.2 Å². The van der Waals surface area contributed by atoms with E-state index in [1.165, 1.54) is 0 Å². The van der Waals surface area contributed by atoms with E-state index >= 15 is 0 Å². The summed E-state index contributed by atoms with van der Waals surface area (Å²) >= 11 is 0. The number of esters is 1. The van der Waals surface area contributed by atoms with Crippen LogP contribution in [0.5, 0.6) is 0 Å². The van der Waals surface area contributed by atoms with Crippen molar-refractivity contribution in [2.75, 3.05) is 0 Å². The molecule has 0 spiro atoms. The van der Waals surface area contributed by atoms with E-state index in [0.29, 0.717) is 5.56 Å². The van der Waals surface area contributed by atoms with E-state index in [4.69, 9.17) is 9.47 Å². The fourth-order valence-corrected chi connectivity index (χ4v) is 3.37. The first-order valence-corrected chi connectivity index (χ1v) is 9.16. The maximum Gasteiger partial charge on any atom is 0.344 e. The van der Waals surface area contributed by atoms with Gasteiger partial charge in [0.15, 0.2) is 5.60 Å². The summed E-state index contributed by atoms with van der Waals surface area (Å²) in [6.45, 7) is 1.80. The molecule has 1 aliphatic heterocycles. The monoisotopic (exact) mass is 372 g/mol. The maximum atomic E-state index is 12.9. The summed E-state index contributed by atoms with van der Waals surface area (Å²) in [7, 11) is 0. The lowest BCUT2D eigenvalue weighted by atomic mass is 9.89. The molecule has 4 heteroatoms. The Kier molecular flexibility index (Phi) is 4.80. The van der Waals surface area contributed by atoms with Crippen LogP contribution in [0.3, 0.4) is 0 Å². The second kappa shape index (κ2) is 7.41. The molecule has 1 aliphatic rings. The molecule has 4 rings (SSSR count). The lowest BCUT2D eigenvalue weighted by molar-refractivity contribution is -0.155. The fraction of sp³-hybridized carbons (Fsp3) is 0.167. The Morgan fingerprint density at radius 3 is 2.04 bits per heavy atom. The van der Waals surface area contributed by atoms with E-state index in [0.717, 1.165) is 16.7 Å². The zero-order valence-corrected chi connectivity index (χ0v) is 15.5. The standard InChI is InChI=1S/C24H20O4/c1-24(20-14-12-19(13-15-20)18-10-6-3-7-11-18)22(25)21(23(26)28-24)27-16-17-8-4-2-5-9-17/h2-15,21H,16H2,1H3/t21?,24-/m0/s1. The Morgan fingerprint density at radius 2 is 1.39 bits per heavy atom. The van der Waals surface area contributed by atoms with Gasteiger partial charge < -0.3 is 9.47 Å². The summed E-state index contributed by atoms with van der Waals surface area (Å²) in [6, 6.07) is 26.9. The van der Waals surface area contributed by atoms with Gasteiger partial charge in [-0.3, -0.25) is 4.79 Å². The van der Waals surface area contributed by atoms with Gasteiger partial charge >= 0.3 is 5.97 Å². The van der Waals surface area contributed by atoms with Crippen molar-refractivity contribution in [3.63, 3.8) is 0 Å². The Bertz CT molecular complexity index is 980. The molecule has 1 saturated heterocycles. The third kappa shape index (κ3) is 3.35. The third-order valence-corrected chi connectivity index (χ3v) is 5.03. The molecule has 1 fully saturated rings. The highest BCUT2D eigenvalue weighted by Crippen LogP contribution is 2.36. The summed E-state index contributed by atoms with van der Waals surface area (Å²) in [5.74, 6) is -1.02. The van der Waals surface area contributed by atoms with Crippen LogP contribution in [-0.4, -0.2) is 17.9 Å². The second-order valence-electron chi connectivity index (χ2n) is 6.94. The van der Waals surface area contributed by atoms with E-state index in [1.54, 1.807) is 6.92 Å². The van der Waals surface area contributed by atoms with E-state index in [-0.39, 0.29) is 12.4 Å². The molecule has 2 atom stereocenters. The Labute approximate surface area is 163 Å². The predicted molar refractivity (Wildman–Crippen MR) is 105 cm³/mol. The Morgan fingerprint density at radius 1 is 0.821 bits per heavy atom. The van der Waals surface area contributed by atoms with Crippen LogP contribution in [0.1, 0.15) is 18.1 Å². The lowest BCUT2D eigenvalue weighted by Crippen LogP contribution is -2.34. The SMILES string of the molecule is C[C@@]1(c2ccc(-c3ccccc3)cc2)OC(=O)C(OCc2ccccc2)C1=O. The highest BCUT2D eigenvalue weighted by molar-refractivity contribution is 6.11. The molecular formula is C24H20O4. The molecule has 0 aromatic heterocycles. The van der Waals surface area contributed by atoms with Gasteiger partial charge in [-0.15, -0.1) is 0 Å². The molecule has 0 N–H and O–H groups in total. The number of benzene rings is 3. The highest BCUT2D eigenvalue weighted by atomic mass is 16.6. The van der Waals surface area contributed by atoms with Crippen molar-refractivity contribution in [1.29, 1.82) is 0 Å². The maximum absolute atomic E-state index is 12.9. The first kappa shape index (κ1) is 18.1. The van der Waals surface area contributed by atoms with Gasteiger partial charge in [-0.05, 0) is 23.6 Å². The van der Waals surface area contributed by atoms with Crippen LogP contribution in [0.25, 0.3) is 11.1 Å². The first-order valence-electron chi connectivity index (χ1n) is 9.16. The molecular weight excluding hydrogens is 352 g/mol. The van der Waals surface area contributed by atoms with E-state index < -0.39 is 17.7 Å². The van der Waals surface area contributed by atoms with Crippen molar-refractivity contribution in [1.82, 2.24) is 0 Å². The number of carbonyl (C=O) groups is 2. The van der Waals surface area contributed by atoms with Gasteiger partial charge in [-0.1, -0.05) is 84.9 Å². The topological polar surface area (TPSA) is 52.6 Å². The molecule has 3 aromatic carbocycles. The zero-order chi connectivity index (χ0) is 19.6. The van der Waals surface area contributed by atoms with E-state index in [2.05, 4.69) is 0 Å². The molecule has 28 heavy (non-hydrogen) atoms. The zero-order valence-electron chi connectivity index (χ0n) is 15.5. The summed E-state index contributed by atoms with van der Waals surface area (Å²) in [5, 5.41) is 0. The fourth-order valence-electron chi connectivity index (χ4n) is 3.37. The second-order valence-corrected chi connectivity index (χ2v) is 6.94. The van der Waals surface area contributed by atoms with Crippen LogP contribution in [0, 0.1) is 0 Å². The van der Waals surface area contributed by atoms with Gasteiger partial charge in [0.25, 0.3) is 0 Å². The van der Waals surface area contributed by atoms with Crippen molar-refractivity contribution >= 4 is 11.8 Å². The number of carbonyl (C=O) groups excluding carboxylic acids is 2. The number of cyclic esters (lactones) is 1. The largest absolute Gasteiger partial charge is 0.444 e. The van der Waals surface area contributed by atoms with Crippen molar-refractivity contribution < 1.29 is 19.1 Å². The minimum atomic E-state index is -1.34. The number of hydrogen-bond acceptors (Lipinski definition) is 4. The number of Topliss-reactive ketones (excluding diaryl/α,β-unsaturated/α-hetero) is 1. The van der Waals surface area contributed by atoms with Gasteiger partial charge in [-0.2, -0.15) is 0 Å². The third-order valence-electron chi connectivity index (χ3n) is 5.03. The van der Waals surface area contributed by atoms with Crippen molar-refractivity contribution in [2.24, 2.45) is 0 Å². The highest BCUT2D eigenvalue weighted by Gasteiger charge is 2.54. The molecule has 1 unspecified atom stereocenters. The predicted octanol–water partition coefficient (Wildman–Crippen LogP) is 4.28. The number of rotatable bonds is 5. The summed E-state index contributed by atoms with van der Waals surface area (Å²) in [4.78, 5) is 25.3. The molecule has 0 aliphatic carbocycles. The molecule has 1 heterocycles. The van der Waals surface area contributed by atoms with Gasteiger partial charge in [0.2, 0.25) is 11.9 Å². The van der Waals surface area contributed by atoms with E-state index in [9.17, 15) is 9.59 Å². The minimum absolute atomic E-state index is 0.176. The van der Waals surface area contributed by atoms with Crippen molar-refractivity contribution in [3.8, 4) is 11.1 Å². The number of ketones is 1. The normalized spacial score (nSPS) is 21.5. The quantitative estimate of drug-likeness (QED) is 0.495. The molecule has 0 amide bonds. The molecule has 0 saturated carbocycles. The summed E-state index contributed by atoms with van der Waals surface area (Å²) in [6.07, 6.45) is -1.21. The van der Waals surface area contributed by atoms with E-state index in [1.807, 2.05) is 84.9 Å². The van der Waals surface area contributed by atoms with Gasteiger partial charge in [0.1, 0.15) is 0 Å². The first-order chi connectivity index (χ1) is 13.6.